The van der Waals surface area contributed by atoms with Crippen molar-refractivity contribution in [3.05, 3.63) is 18.1 Å². The molecule has 0 aliphatic heterocycles. The third-order valence-electron chi connectivity index (χ3n) is 1.59. The van der Waals surface area contributed by atoms with Gasteiger partial charge < -0.3 is 10.5 Å². The van der Waals surface area contributed by atoms with Gasteiger partial charge in [0.15, 0.2) is 0 Å². The smallest absolute Gasteiger partial charge is 0.330 e. The predicted molar refractivity (Wildman–Crippen MR) is 47.1 cm³/mol. The van der Waals surface area contributed by atoms with Gasteiger partial charge in [0.05, 0.1) is 24.7 Å². The van der Waals surface area contributed by atoms with Crippen molar-refractivity contribution in [2.24, 2.45) is 0 Å². The van der Waals surface area contributed by atoms with E-state index in [1.807, 2.05) is 0 Å². The molecule has 0 bridgehead atoms. The fourth-order valence-electron chi connectivity index (χ4n) is 0.794. The lowest BCUT2D eigenvalue weighted by Crippen LogP contribution is -2.32. The number of hydrogen-bond donors (Lipinski definition) is 1. The lowest BCUT2D eigenvalue weighted by molar-refractivity contribution is -0.168. The van der Waals surface area contributed by atoms with Crippen molar-refractivity contribution in [2.75, 3.05) is 12.3 Å². The van der Waals surface area contributed by atoms with Gasteiger partial charge in [0.1, 0.15) is 12.4 Å². The van der Waals surface area contributed by atoms with Gasteiger partial charge >= 0.3 is 12.3 Å². The van der Waals surface area contributed by atoms with E-state index in [4.69, 9.17) is 5.73 Å². The van der Waals surface area contributed by atoms with Crippen LogP contribution in [-0.4, -0.2) is 28.9 Å². The lowest BCUT2D eigenvalue weighted by atomic mass is 10.4. The summed E-state index contributed by atoms with van der Waals surface area (Å²) in [5.41, 5.74) is 5.47. The summed E-state index contributed by atoms with van der Waals surface area (Å²) in [7, 11) is 0. The third-order valence-corrected chi connectivity index (χ3v) is 1.59. The Morgan fingerprint density at radius 2 is 2.00 bits per heavy atom. The van der Waals surface area contributed by atoms with Crippen molar-refractivity contribution < 1.29 is 22.3 Å². The molecular formula is C8H9F4N3O. The Labute approximate surface area is 88.4 Å². The molecule has 0 unspecified atom stereocenters. The van der Waals surface area contributed by atoms with Crippen LogP contribution in [0, 0.1) is 0 Å². The first-order valence-electron chi connectivity index (χ1n) is 4.22. The zero-order valence-corrected chi connectivity index (χ0v) is 8.04. The Bertz CT molecular complexity index is 331. The van der Waals surface area contributed by atoms with Gasteiger partial charge in [-0.3, -0.25) is 4.98 Å². The molecule has 1 rings (SSSR count). The van der Waals surface area contributed by atoms with Gasteiger partial charge in [-0.2, -0.15) is 8.78 Å². The van der Waals surface area contributed by atoms with Crippen molar-refractivity contribution in [1.29, 1.82) is 0 Å². The number of ether oxygens (including phenoxy) is 1. The molecule has 0 amide bonds. The number of anilines is 1. The molecule has 0 spiro atoms. The zero-order chi connectivity index (χ0) is 12.2. The van der Waals surface area contributed by atoms with E-state index in [0.29, 0.717) is 0 Å². The molecule has 1 aromatic rings. The van der Waals surface area contributed by atoms with Crippen LogP contribution >= 0.6 is 0 Å². The second-order valence-electron chi connectivity index (χ2n) is 2.99. The van der Waals surface area contributed by atoms with E-state index < -0.39 is 19.0 Å². The molecule has 8 heteroatoms. The second-order valence-corrected chi connectivity index (χ2v) is 2.99. The first kappa shape index (κ1) is 12.6. The van der Waals surface area contributed by atoms with E-state index in [1.54, 1.807) is 0 Å². The predicted octanol–water partition coefficient (Wildman–Crippen LogP) is 1.48. The van der Waals surface area contributed by atoms with Crippen molar-refractivity contribution in [2.45, 2.75) is 19.0 Å². The summed E-state index contributed by atoms with van der Waals surface area (Å²) in [6.07, 6.45) is -1.32. The van der Waals surface area contributed by atoms with E-state index in [-0.39, 0.29) is 18.1 Å². The number of aromatic nitrogens is 2. The minimum absolute atomic E-state index is 0.168. The van der Waals surface area contributed by atoms with E-state index in [9.17, 15) is 17.6 Å². The summed E-state index contributed by atoms with van der Waals surface area (Å²) < 4.78 is 52.6. The minimum atomic E-state index is -4.15. The van der Waals surface area contributed by atoms with E-state index in [1.165, 1.54) is 12.4 Å². The molecule has 1 heterocycles. The Balaban J connectivity index is 2.39. The molecule has 90 valence electrons. The molecule has 2 N–H and O–H groups in total. The maximum Gasteiger partial charge on any atom is 0.330 e. The molecule has 0 aromatic carbocycles. The summed E-state index contributed by atoms with van der Waals surface area (Å²) in [5.74, 6) is -3.98. The van der Waals surface area contributed by atoms with Gasteiger partial charge in [-0.05, 0) is 0 Å². The minimum Gasteiger partial charge on any atom is -0.382 e. The summed E-state index contributed by atoms with van der Waals surface area (Å²) >= 11 is 0. The maximum absolute atomic E-state index is 12.4. The van der Waals surface area contributed by atoms with Crippen molar-refractivity contribution >= 4 is 5.82 Å². The highest BCUT2D eigenvalue weighted by Crippen LogP contribution is 2.23. The van der Waals surface area contributed by atoms with Crippen LogP contribution in [0.3, 0.4) is 0 Å². The monoisotopic (exact) mass is 239 g/mol. The van der Waals surface area contributed by atoms with Crippen LogP contribution in [0.5, 0.6) is 0 Å². The topological polar surface area (TPSA) is 61.0 Å². The Morgan fingerprint density at radius 3 is 2.50 bits per heavy atom. The molecule has 1 aromatic heterocycles. The molecule has 4 nitrogen and oxygen atoms in total. The zero-order valence-electron chi connectivity index (χ0n) is 8.04. The van der Waals surface area contributed by atoms with Crippen molar-refractivity contribution in [1.82, 2.24) is 9.97 Å². The highest BCUT2D eigenvalue weighted by atomic mass is 19.3. The fraction of sp³-hybridized carbons (Fsp3) is 0.500. The molecule has 0 saturated carbocycles. The summed E-state index contributed by atoms with van der Waals surface area (Å²) in [6, 6.07) is 0. The largest absolute Gasteiger partial charge is 0.382 e. The highest BCUT2D eigenvalue weighted by molar-refractivity contribution is 5.22. The summed E-state index contributed by atoms with van der Waals surface area (Å²) in [4.78, 5) is 7.33. The Kier molecular flexibility index (Phi) is 3.99. The van der Waals surface area contributed by atoms with Crippen molar-refractivity contribution in [3.8, 4) is 0 Å². The number of nitrogens with two attached hydrogens (primary N) is 1. The lowest BCUT2D eigenvalue weighted by Gasteiger charge is -2.14. The molecular weight excluding hydrogens is 230 g/mol. The number of nitrogen functional groups attached to an aromatic ring is 1. The van der Waals surface area contributed by atoms with Gasteiger partial charge in [-0.1, -0.05) is 0 Å². The molecule has 0 saturated heterocycles. The quantitative estimate of drug-likeness (QED) is 0.790. The number of alkyl halides is 4. The standard InChI is InChI=1S/C8H9F4N3O/c9-7(10)8(11,12)4-16-3-5-1-15-6(13)2-14-5/h1-2,7H,3-4H2,(H2,13,15). The molecule has 16 heavy (non-hydrogen) atoms. The van der Waals surface area contributed by atoms with E-state index in [0.717, 1.165) is 0 Å². The first-order chi connectivity index (χ1) is 7.42. The van der Waals surface area contributed by atoms with Crippen LogP contribution in [0.1, 0.15) is 5.69 Å². The van der Waals surface area contributed by atoms with Gasteiger partial charge in [0.25, 0.3) is 0 Å². The molecule has 0 aliphatic rings. The number of halogens is 4. The van der Waals surface area contributed by atoms with Crippen LogP contribution in [0.4, 0.5) is 23.4 Å². The fourth-order valence-corrected chi connectivity index (χ4v) is 0.794. The molecule has 0 fully saturated rings. The van der Waals surface area contributed by atoms with Crippen LogP contribution in [0.25, 0.3) is 0 Å². The van der Waals surface area contributed by atoms with Gasteiger partial charge in [-0.15, -0.1) is 0 Å². The number of nitrogens with zero attached hydrogens (tertiary/aromatic N) is 2. The van der Waals surface area contributed by atoms with E-state index >= 15 is 0 Å². The SMILES string of the molecule is Nc1cnc(COCC(F)(F)C(F)F)cn1. The molecule has 0 aliphatic carbocycles. The average Bonchev–Trinajstić information content (AvgIpc) is 2.20. The number of rotatable bonds is 5. The number of hydrogen-bond acceptors (Lipinski definition) is 4. The second kappa shape index (κ2) is 5.06. The Hall–Kier alpha value is -1.44. The first-order valence-corrected chi connectivity index (χ1v) is 4.22. The van der Waals surface area contributed by atoms with Crippen LogP contribution < -0.4 is 5.73 Å². The van der Waals surface area contributed by atoms with E-state index in [2.05, 4.69) is 14.7 Å². The van der Waals surface area contributed by atoms with Crippen molar-refractivity contribution in [3.63, 3.8) is 0 Å². The molecule has 0 radical (unpaired) electrons. The van der Waals surface area contributed by atoms with Crippen LogP contribution in [0.2, 0.25) is 0 Å². The van der Waals surface area contributed by atoms with Crippen LogP contribution in [-0.2, 0) is 11.3 Å². The average molecular weight is 239 g/mol. The molecule has 0 atom stereocenters. The maximum atomic E-state index is 12.4. The summed E-state index contributed by atoms with van der Waals surface area (Å²) in [6.45, 7) is -1.69. The highest BCUT2D eigenvalue weighted by Gasteiger charge is 2.40. The normalized spacial score (nSPS) is 12.1. The Morgan fingerprint density at radius 1 is 1.31 bits per heavy atom. The van der Waals surface area contributed by atoms with Gasteiger partial charge in [-0.25, -0.2) is 13.8 Å². The van der Waals surface area contributed by atoms with Crippen LogP contribution in [0.15, 0.2) is 12.4 Å². The van der Waals surface area contributed by atoms with Gasteiger partial charge in [0.2, 0.25) is 0 Å². The van der Waals surface area contributed by atoms with Gasteiger partial charge in [0, 0.05) is 0 Å². The summed E-state index contributed by atoms with van der Waals surface area (Å²) in [5, 5.41) is 0. The third kappa shape index (κ3) is 3.61.